The first kappa shape index (κ1) is 23.6. The molecule has 1 atom stereocenters. The molecule has 0 aliphatic carbocycles. The SMILES string of the molecule is Cc1noc(C)c1NC(=O)C1=CN(Cc2cc3c(cc2Br)OCO3)C(c2cccs2)c2cc(O)ccc21. The zero-order chi connectivity index (χ0) is 25.7. The van der Waals surface area contributed by atoms with Gasteiger partial charge in [0.15, 0.2) is 17.3 Å². The van der Waals surface area contributed by atoms with Gasteiger partial charge in [0.25, 0.3) is 5.91 Å². The van der Waals surface area contributed by atoms with E-state index in [4.69, 9.17) is 14.0 Å². The van der Waals surface area contributed by atoms with E-state index in [-0.39, 0.29) is 24.5 Å². The molecule has 0 fully saturated rings. The van der Waals surface area contributed by atoms with Crippen LogP contribution in [-0.4, -0.2) is 27.9 Å². The maximum atomic E-state index is 13.6. The normalized spacial score (nSPS) is 15.9. The Hall–Kier alpha value is -3.76. The van der Waals surface area contributed by atoms with Crippen LogP contribution in [0.25, 0.3) is 5.57 Å². The fourth-order valence-corrected chi connectivity index (χ4v) is 6.02. The average molecular weight is 580 g/mol. The maximum Gasteiger partial charge on any atom is 0.257 e. The van der Waals surface area contributed by atoms with Crippen molar-refractivity contribution in [3.8, 4) is 17.2 Å². The fraction of sp³-hybridized carbons (Fsp3) is 0.185. The molecule has 0 spiro atoms. The number of phenols is 1. The van der Waals surface area contributed by atoms with Crippen LogP contribution in [0.3, 0.4) is 0 Å². The third-order valence-electron chi connectivity index (χ3n) is 6.47. The van der Waals surface area contributed by atoms with Crippen LogP contribution in [0.1, 0.15) is 39.1 Å². The van der Waals surface area contributed by atoms with E-state index in [0.717, 1.165) is 26.0 Å². The lowest BCUT2D eigenvalue weighted by Gasteiger charge is -2.37. The number of aromatic hydroxyl groups is 1. The van der Waals surface area contributed by atoms with Crippen LogP contribution >= 0.6 is 27.3 Å². The van der Waals surface area contributed by atoms with Gasteiger partial charge in [-0.05, 0) is 66.2 Å². The molecule has 1 amide bonds. The Morgan fingerprint density at radius 2 is 2.03 bits per heavy atom. The van der Waals surface area contributed by atoms with Crippen LogP contribution in [0.5, 0.6) is 17.2 Å². The summed E-state index contributed by atoms with van der Waals surface area (Å²) in [4.78, 5) is 16.8. The Morgan fingerprint density at radius 3 is 2.76 bits per heavy atom. The lowest BCUT2D eigenvalue weighted by atomic mass is 9.89. The van der Waals surface area contributed by atoms with Crippen molar-refractivity contribution in [1.29, 1.82) is 0 Å². The third kappa shape index (κ3) is 4.25. The Bertz CT molecular complexity index is 1530. The van der Waals surface area contributed by atoms with E-state index < -0.39 is 0 Å². The summed E-state index contributed by atoms with van der Waals surface area (Å²) in [5.74, 6) is 1.75. The average Bonchev–Trinajstić information content (AvgIpc) is 3.62. The first-order valence-corrected chi connectivity index (χ1v) is 13.2. The molecule has 2 aromatic heterocycles. The lowest BCUT2D eigenvalue weighted by molar-refractivity contribution is -0.111. The smallest absolute Gasteiger partial charge is 0.257 e. The summed E-state index contributed by atoms with van der Waals surface area (Å²) >= 11 is 5.30. The van der Waals surface area contributed by atoms with Crippen LogP contribution in [-0.2, 0) is 11.3 Å². The second-order valence-corrected chi connectivity index (χ2v) is 10.7. The highest BCUT2D eigenvalue weighted by Crippen LogP contribution is 2.44. The molecule has 2 aromatic carbocycles. The summed E-state index contributed by atoms with van der Waals surface area (Å²) in [5.41, 5.74) is 4.19. The molecule has 8 nitrogen and oxygen atoms in total. The van der Waals surface area contributed by atoms with Crippen molar-refractivity contribution in [1.82, 2.24) is 10.1 Å². The summed E-state index contributed by atoms with van der Waals surface area (Å²) in [5, 5.41) is 19.4. The number of anilines is 1. The van der Waals surface area contributed by atoms with Crippen LogP contribution in [0.2, 0.25) is 0 Å². The molecule has 2 aliphatic heterocycles. The van der Waals surface area contributed by atoms with Crippen molar-refractivity contribution in [2.24, 2.45) is 0 Å². The van der Waals surface area contributed by atoms with Gasteiger partial charge in [-0.15, -0.1) is 11.3 Å². The molecule has 1 unspecified atom stereocenters. The van der Waals surface area contributed by atoms with Crippen molar-refractivity contribution in [2.75, 3.05) is 12.1 Å². The van der Waals surface area contributed by atoms with Gasteiger partial charge in [0.1, 0.15) is 17.1 Å². The lowest BCUT2D eigenvalue weighted by Crippen LogP contribution is -2.31. The number of halogens is 1. The number of benzene rings is 2. The maximum absolute atomic E-state index is 13.6. The summed E-state index contributed by atoms with van der Waals surface area (Å²) in [6, 6.07) is 12.8. The number of thiophene rings is 1. The van der Waals surface area contributed by atoms with Crippen molar-refractivity contribution in [3.05, 3.63) is 91.5 Å². The zero-order valence-corrected chi connectivity index (χ0v) is 22.4. The highest BCUT2D eigenvalue weighted by atomic mass is 79.9. The molecule has 0 saturated carbocycles. The number of hydrogen-bond donors (Lipinski definition) is 2. The van der Waals surface area contributed by atoms with Crippen LogP contribution in [0.15, 0.2) is 63.0 Å². The minimum absolute atomic E-state index is 0.136. The monoisotopic (exact) mass is 579 g/mol. The first-order chi connectivity index (χ1) is 17.9. The molecular formula is C27H22BrN3O5S. The Morgan fingerprint density at radius 1 is 1.22 bits per heavy atom. The number of aryl methyl sites for hydroxylation is 2. The van der Waals surface area contributed by atoms with Gasteiger partial charge in [-0.3, -0.25) is 4.79 Å². The fourth-order valence-electron chi connectivity index (χ4n) is 4.71. The van der Waals surface area contributed by atoms with Gasteiger partial charge in [-0.1, -0.05) is 33.2 Å². The molecule has 0 radical (unpaired) electrons. The standard InChI is InChI=1S/C27H22BrN3O5S/c1-14-25(15(2)36-30-14)29-27(33)20-12-31(11-16-8-22-23(10-21(16)28)35-13-34-22)26(24-4-3-7-37-24)19-9-17(32)5-6-18(19)20/h3-10,12,26,32H,11,13H2,1-2H3,(H,29,33). The van der Waals surface area contributed by atoms with Gasteiger partial charge < -0.3 is 29.3 Å². The van der Waals surface area contributed by atoms with E-state index in [9.17, 15) is 9.90 Å². The first-order valence-electron chi connectivity index (χ1n) is 11.6. The number of fused-ring (bicyclic) bond motifs is 2. The summed E-state index contributed by atoms with van der Waals surface area (Å²) in [6.45, 7) is 4.19. The number of nitrogens with zero attached hydrogens (tertiary/aromatic N) is 2. The minimum atomic E-state index is -0.291. The summed E-state index contributed by atoms with van der Waals surface area (Å²) in [6.07, 6.45) is 1.88. The highest BCUT2D eigenvalue weighted by molar-refractivity contribution is 9.10. The number of nitrogens with one attached hydrogen (secondary N) is 1. The van der Waals surface area contributed by atoms with Gasteiger partial charge in [0.2, 0.25) is 6.79 Å². The molecule has 2 N–H and O–H groups in total. The second kappa shape index (κ2) is 9.28. The molecule has 6 rings (SSSR count). The quantitative estimate of drug-likeness (QED) is 0.293. The van der Waals surface area contributed by atoms with Crippen molar-refractivity contribution >= 4 is 44.4 Å². The molecule has 0 saturated heterocycles. The molecule has 4 heterocycles. The summed E-state index contributed by atoms with van der Waals surface area (Å²) < 4.78 is 17.2. The van der Waals surface area contributed by atoms with E-state index in [1.807, 2.05) is 29.8 Å². The van der Waals surface area contributed by atoms with E-state index in [2.05, 4.69) is 37.4 Å². The molecule has 188 valence electrons. The van der Waals surface area contributed by atoms with Gasteiger partial charge in [0, 0.05) is 22.1 Å². The molecule has 4 aromatic rings. The number of rotatable bonds is 5. The molecule has 2 aliphatic rings. The van der Waals surface area contributed by atoms with Gasteiger partial charge in [-0.25, -0.2) is 0 Å². The van der Waals surface area contributed by atoms with E-state index in [1.165, 1.54) is 0 Å². The number of phenolic OH excluding ortho intramolecular Hbond substituents is 1. The second-order valence-electron chi connectivity index (χ2n) is 8.85. The topological polar surface area (TPSA) is 97.1 Å². The largest absolute Gasteiger partial charge is 0.508 e. The predicted octanol–water partition coefficient (Wildman–Crippen LogP) is 6.13. The molecular weight excluding hydrogens is 558 g/mol. The van der Waals surface area contributed by atoms with E-state index >= 15 is 0 Å². The number of carbonyl (C=O) groups excluding carboxylic acids is 1. The molecule has 10 heteroatoms. The minimum Gasteiger partial charge on any atom is -0.508 e. The predicted molar refractivity (Wildman–Crippen MR) is 143 cm³/mol. The van der Waals surface area contributed by atoms with E-state index in [0.29, 0.717) is 40.8 Å². The molecule has 0 bridgehead atoms. The van der Waals surface area contributed by atoms with Crippen molar-refractivity contribution in [3.63, 3.8) is 0 Å². The van der Waals surface area contributed by atoms with Gasteiger partial charge in [-0.2, -0.15) is 0 Å². The Balaban J connectivity index is 1.46. The highest BCUT2D eigenvalue weighted by Gasteiger charge is 2.33. The van der Waals surface area contributed by atoms with Gasteiger partial charge >= 0.3 is 0 Å². The summed E-state index contributed by atoms with van der Waals surface area (Å²) in [7, 11) is 0. The molecule has 37 heavy (non-hydrogen) atoms. The number of aromatic nitrogens is 1. The van der Waals surface area contributed by atoms with Crippen LogP contribution < -0.4 is 14.8 Å². The number of carbonyl (C=O) groups is 1. The number of amides is 1. The zero-order valence-electron chi connectivity index (χ0n) is 19.9. The van der Waals surface area contributed by atoms with E-state index in [1.54, 1.807) is 43.4 Å². The van der Waals surface area contributed by atoms with Crippen molar-refractivity contribution in [2.45, 2.75) is 26.4 Å². The number of hydrogen-bond acceptors (Lipinski definition) is 8. The van der Waals surface area contributed by atoms with Gasteiger partial charge in [0.05, 0.1) is 11.6 Å². The Kier molecular flexibility index (Phi) is 5.92. The van der Waals surface area contributed by atoms with Crippen LogP contribution in [0, 0.1) is 13.8 Å². The van der Waals surface area contributed by atoms with Crippen LogP contribution in [0.4, 0.5) is 5.69 Å². The Labute approximate surface area is 225 Å². The van der Waals surface area contributed by atoms with Crippen molar-refractivity contribution < 1.29 is 23.9 Å². The number of ether oxygens (including phenoxy) is 2. The third-order valence-corrected chi connectivity index (χ3v) is 8.13.